The van der Waals surface area contributed by atoms with E-state index in [1.807, 2.05) is 0 Å². The summed E-state index contributed by atoms with van der Waals surface area (Å²) in [5.41, 5.74) is -0.248. The second-order valence-electron chi connectivity index (χ2n) is 10.0. The number of carbonyl (C=O) groups is 2. The molecule has 0 rings (SSSR count). The third-order valence-electron chi connectivity index (χ3n) is 6.86. The lowest BCUT2D eigenvalue weighted by molar-refractivity contribution is -0.155. The normalized spacial score (nSPS) is 11.5. The third kappa shape index (κ3) is 19.0. The van der Waals surface area contributed by atoms with Crippen molar-refractivity contribution in [1.82, 2.24) is 0 Å². The molecule has 0 aromatic heterocycles. The number of hydrogen-bond acceptors (Lipinski definition) is 4. The molecule has 33 heavy (non-hydrogen) atoms. The molecular formula is C29H56O4. The molecule has 4 heteroatoms. The van der Waals surface area contributed by atoms with Crippen molar-refractivity contribution in [3.05, 3.63) is 0 Å². The van der Waals surface area contributed by atoms with Crippen LogP contribution < -0.4 is 0 Å². The molecule has 0 aliphatic heterocycles. The minimum absolute atomic E-state index is 0.104. The first-order chi connectivity index (χ1) is 16.0. The number of carbonyl (C=O) groups excluding carboxylic acids is 2. The van der Waals surface area contributed by atoms with Gasteiger partial charge in [-0.3, -0.25) is 9.59 Å². The van der Waals surface area contributed by atoms with Gasteiger partial charge in [-0.25, -0.2) is 0 Å². The van der Waals surface area contributed by atoms with Crippen molar-refractivity contribution in [2.45, 2.75) is 156 Å². The predicted molar refractivity (Wildman–Crippen MR) is 139 cm³/mol. The maximum absolute atomic E-state index is 12.3. The fraction of sp³-hybridized carbons (Fsp3) is 0.931. The Morgan fingerprint density at radius 1 is 0.515 bits per heavy atom. The molecule has 0 aliphatic carbocycles. The summed E-state index contributed by atoms with van der Waals surface area (Å²) >= 11 is 0. The molecule has 0 saturated heterocycles. The second-order valence-corrected chi connectivity index (χ2v) is 10.0. The minimum atomic E-state index is -0.248. The summed E-state index contributed by atoms with van der Waals surface area (Å²) in [6.07, 6.45) is 21.6. The van der Waals surface area contributed by atoms with Crippen LogP contribution in [0.1, 0.15) is 156 Å². The minimum Gasteiger partial charge on any atom is -0.465 e. The third-order valence-corrected chi connectivity index (χ3v) is 6.86. The Morgan fingerprint density at radius 2 is 0.879 bits per heavy atom. The lowest BCUT2D eigenvalue weighted by atomic mass is 9.81. The molecule has 0 heterocycles. The van der Waals surface area contributed by atoms with Crippen molar-refractivity contribution in [3.63, 3.8) is 0 Å². The smallest absolute Gasteiger partial charge is 0.305 e. The summed E-state index contributed by atoms with van der Waals surface area (Å²) in [5.74, 6) is -0.209. The molecule has 0 spiro atoms. The van der Waals surface area contributed by atoms with Crippen molar-refractivity contribution >= 4 is 11.9 Å². The second kappa shape index (κ2) is 22.7. The van der Waals surface area contributed by atoms with Gasteiger partial charge >= 0.3 is 11.9 Å². The van der Waals surface area contributed by atoms with Gasteiger partial charge in [0.25, 0.3) is 0 Å². The van der Waals surface area contributed by atoms with E-state index in [9.17, 15) is 9.59 Å². The summed E-state index contributed by atoms with van der Waals surface area (Å²) in [6, 6.07) is 0. The van der Waals surface area contributed by atoms with Gasteiger partial charge in [0, 0.05) is 18.3 Å². The van der Waals surface area contributed by atoms with Crippen LogP contribution in [0.5, 0.6) is 0 Å². The van der Waals surface area contributed by atoms with E-state index in [1.165, 1.54) is 64.2 Å². The van der Waals surface area contributed by atoms with Crippen LogP contribution in [0.15, 0.2) is 0 Å². The van der Waals surface area contributed by atoms with Gasteiger partial charge in [-0.05, 0) is 25.7 Å². The Bertz CT molecular complexity index is 427. The zero-order valence-electron chi connectivity index (χ0n) is 22.7. The first-order valence-corrected chi connectivity index (χ1v) is 14.3. The van der Waals surface area contributed by atoms with Gasteiger partial charge in [0.1, 0.15) is 13.2 Å². The zero-order valence-corrected chi connectivity index (χ0v) is 22.7. The number of rotatable bonds is 24. The maximum atomic E-state index is 12.3. The fourth-order valence-corrected chi connectivity index (χ4v) is 4.18. The van der Waals surface area contributed by atoms with E-state index >= 15 is 0 Å². The number of hydrogen-bond donors (Lipinski definition) is 0. The molecule has 0 radical (unpaired) electrons. The van der Waals surface area contributed by atoms with Crippen LogP contribution in [-0.2, 0) is 19.1 Å². The van der Waals surface area contributed by atoms with Crippen molar-refractivity contribution in [3.8, 4) is 0 Å². The topological polar surface area (TPSA) is 52.6 Å². The van der Waals surface area contributed by atoms with Gasteiger partial charge in [-0.1, -0.05) is 118 Å². The highest BCUT2D eigenvalue weighted by atomic mass is 16.5. The molecule has 0 unspecified atom stereocenters. The maximum Gasteiger partial charge on any atom is 0.305 e. The molecule has 0 atom stereocenters. The van der Waals surface area contributed by atoms with Crippen LogP contribution in [0.3, 0.4) is 0 Å². The van der Waals surface area contributed by atoms with E-state index in [0.717, 1.165) is 51.4 Å². The van der Waals surface area contributed by atoms with E-state index in [2.05, 4.69) is 27.7 Å². The lowest BCUT2D eigenvalue weighted by Gasteiger charge is -2.31. The number of unbranched alkanes of at least 4 members (excludes halogenated alkanes) is 13. The van der Waals surface area contributed by atoms with Crippen molar-refractivity contribution in [1.29, 1.82) is 0 Å². The van der Waals surface area contributed by atoms with Gasteiger partial charge in [0.05, 0.1) is 0 Å². The van der Waals surface area contributed by atoms with Gasteiger partial charge < -0.3 is 9.47 Å². The molecular weight excluding hydrogens is 412 g/mol. The largest absolute Gasteiger partial charge is 0.465 e. The Labute approximate surface area is 206 Å². The Kier molecular flexibility index (Phi) is 22.0. The highest BCUT2D eigenvalue weighted by Crippen LogP contribution is 2.30. The first-order valence-electron chi connectivity index (χ1n) is 14.3. The average molecular weight is 469 g/mol. The molecule has 4 nitrogen and oxygen atoms in total. The van der Waals surface area contributed by atoms with Crippen LogP contribution in [0.2, 0.25) is 0 Å². The molecule has 0 amide bonds. The Balaban J connectivity index is 4.26. The molecule has 0 N–H and O–H groups in total. The van der Waals surface area contributed by atoms with Gasteiger partial charge in [-0.2, -0.15) is 0 Å². The quantitative estimate of drug-likeness (QED) is 0.105. The van der Waals surface area contributed by atoms with E-state index in [1.54, 1.807) is 0 Å². The molecule has 0 saturated carbocycles. The number of esters is 2. The summed E-state index contributed by atoms with van der Waals surface area (Å²) < 4.78 is 11.4. The van der Waals surface area contributed by atoms with Crippen LogP contribution in [0.4, 0.5) is 0 Å². The van der Waals surface area contributed by atoms with Crippen LogP contribution in [-0.4, -0.2) is 25.2 Å². The Hall–Kier alpha value is -1.06. The van der Waals surface area contributed by atoms with Crippen molar-refractivity contribution in [2.24, 2.45) is 5.41 Å². The van der Waals surface area contributed by atoms with Crippen molar-refractivity contribution in [2.75, 3.05) is 13.2 Å². The molecule has 0 fully saturated rings. The summed E-state index contributed by atoms with van der Waals surface area (Å²) in [4.78, 5) is 24.6. The summed E-state index contributed by atoms with van der Waals surface area (Å²) in [6.45, 7) is 9.46. The molecule has 196 valence electrons. The van der Waals surface area contributed by atoms with E-state index in [-0.39, 0.29) is 17.4 Å². The van der Waals surface area contributed by atoms with Gasteiger partial charge in [0.2, 0.25) is 0 Å². The fourth-order valence-electron chi connectivity index (χ4n) is 4.18. The van der Waals surface area contributed by atoms with E-state index in [4.69, 9.17) is 9.47 Å². The van der Waals surface area contributed by atoms with Gasteiger partial charge in [-0.15, -0.1) is 0 Å². The number of ether oxygens (including phenoxy) is 2. The monoisotopic (exact) mass is 468 g/mol. The molecule has 0 aromatic rings. The predicted octanol–water partition coefficient (Wildman–Crippen LogP) is 8.94. The van der Waals surface area contributed by atoms with Crippen molar-refractivity contribution < 1.29 is 19.1 Å². The standard InChI is InChI=1S/C29H56O4/c1-5-9-12-14-16-18-20-22-27(30)32-25-29(8-4,24-11-7-3)26-33-28(31)23-21-19-17-15-13-10-6-2/h5-26H2,1-4H3. The van der Waals surface area contributed by atoms with Crippen LogP contribution in [0, 0.1) is 5.41 Å². The average Bonchev–Trinajstić information content (AvgIpc) is 2.82. The highest BCUT2D eigenvalue weighted by Gasteiger charge is 2.31. The molecule has 0 aliphatic rings. The van der Waals surface area contributed by atoms with Crippen LogP contribution in [0.25, 0.3) is 0 Å². The van der Waals surface area contributed by atoms with E-state index < -0.39 is 0 Å². The lowest BCUT2D eigenvalue weighted by Crippen LogP contribution is -2.34. The van der Waals surface area contributed by atoms with Gasteiger partial charge in [0.15, 0.2) is 0 Å². The first kappa shape index (κ1) is 31.9. The molecule has 0 bridgehead atoms. The Morgan fingerprint density at radius 3 is 1.24 bits per heavy atom. The molecule has 0 aromatic carbocycles. The highest BCUT2D eigenvalue weighted by molar-refractivity contribution is 5.69. The van der Waals surface area contributed by atoms with E-state index in [0.29, 0.717) is 26.1 Å². The van der Waals surface area contributed by atoms with Crippen LogP contribution >= 0.6 is 0 Å². The zero-order chi connectivity index (χ0) is 24.6. The summed E-state index contributed by atoms with van der Waals surface area (Å²) in [5, 5.41) is 0. The SMILES string of the molecule is CCCCCCCCCC(=O)OCC(CC)(CCCC)COC(=O)CCCCCCCCC. The summed E-state index contributed by atoms with van der Waals surface area (Å²) in [7, 11) is 0.